The summed E-state index contributed by atoms with van der Waals surface area (Å²) >= 11 is 0. The third-order valence-electron chi connectivity index (χ3n) is 4.46. The zero-order valence-corrected chi connectivity index (χ0v) is 14.7. The third-order valence-corrected chi connectivity index (χ3v) is 4.46. The maximum Gasteiger partial charge on any atom is 0.341 e. The van der Waals surface area contributed by atoms with Crippen molar-refractivity contribution in [3.8, 4) is 0 Å². The van der Waals surface area contributed by atoms with Crippen molar-refractivity contribution in [2.24, 2.45) is 0 Å². The van der Waals surface area contributed by atoms with Gasteiger partial charge < -0.3 is 19.4 Å². The van der Waals surface area contributed by atoms with Crippen molar-refractivity contribution in [2.45, 2.75) is 32.7 Å². The van der Waals surface area contributed by atoms with Crippen LogP contribution < -0.4 is 5.32 Å². The van der Waals surface area contributed by atoms with E-state index in [4.69, 9.17) is 9.15 Å². The molecule has 25 heavy (non-hydrogen) atoms. The van der Waals surface area contributed by atoms with Crippen LogP contribution in [-0.4, -0.2) is 31.1 Å². The highest BCUT2D eigenvalue weighted by Crippen LogP contribution is 2.25. The number of amides is 2. The van der Waals surface area contributed by atoms with Gasteiger partial charge >= 0.3 is 12.0 Å². The van der Waals surface area contributed by atoms with Gasteiger partial charge in [0.25, 0.3) is 0 Å². The van der Waals surface area contributed by atoms with E-state index in [0.717, 1.165) is 18.5 Å². The zero-order valence-electron chi connectivity index (χ0n) is 14.7. The molecule has 0 unspecified atom stereocenters. The minimum Gasteiger partial charge on any atom is -0.465 e. The van der Waals surface area contributed by atoms with E-state index in [-0.39, 0.29) is 12.6 Å². The number of esters is 1. The van der Waals surface area contributed by atoms with Crippen LogP contribution in [0.3, 0.4) is 0 Å². The Bertz CT molecular complexity index is 810. The minimum absolute atomic E-state index is 0.230. The molecule has 1 aromatic carbocycles. The number of hydrogen-bond donors (Lipinski definition) is 1. The first-order chi connectivity index (χ1) is 12.0. The predicted molar refractivity (Wildman–Crippen MR) is 93.7 cm³/mol. The fourth-order valence-corrected chi connectivity index (χ4v) is 3.11. The number of ether oxygens (including phenoxy) is 1. The van der Waals surface area contributed by atoms with Gasteiger partial charge in [-0.15, -0.1) is 0 Å². The average Bonchev–Trinajstić information content (AvgIpc) is 3.19. The standard InChI is InChI=1S/C19H22N2O4/c1-12-17(18(22)24-3)10-16(25-12)11-21(2)19(23)20-15-8-7-13-5-4-6-14(13)9-15/h7-10H,4-6,11H2,1-3H3,(H,20,23). The molecule has 0 radical (unpaired) electrons. The van der Waals surface area contributed by atoms with Crippen LogP contribution in [0.25, 0.3) is 0 Å². The van der Waals surface area contributed by atoms with E-state index in [1.165, 1.54) is 29.6 Å². The first kappa shape index (κ1) is 17.1. The molecule has 0 atom stereocenters. The number of anilines is 1. The second-order valence-corrected chi connectivity index (χ2v) is 6.30. The molecule has 132 valence electrons. The third kappa shape index (κ3) is 3.68. The van der Waals surface area contributed by atoms with E-state index < -0.39 is 5.97 Å². The van der Waals surface area contributed by atoms with Gasteiger partial charge in [0.05, 0.1) is 13.7 Å². The van der Waals surface area contributed by atoms with Crippen LogP contribution in [0.5, 0.6) is 0 Å². The van der Waals surface area contributed by atoms with Crippen LogP contribution in [-0.2, 0) is 24.1 Å². The number of benzene rings is 1. The number of nitrogens with one attached hydrogen (secondary N) is 1. The molecule has 1 heterocycles. The van der Waals surface area contributed by atoms with Crippen molar-refractivity contribution in [3.05, 3.63) is 52.5 Å². The molecule has 0 saturated heterocycles. The largest absolute Gasteiger partial charge is 0.465 e. The molecule has 6 nitrogen and oxygen atoms in total. The lowest BCUT2D eigenvalue weighted by Gasteiger charge is -2.17. The number of nitrogens with zero attached hydrogens (tertiary/aromatic N) is 1. The van der Waals surface area contributed by atoms with Gasteiger partial charge in [-0.2, -0.15) is 0 Å². The van der Waals surface area contributed by atoms with Gasteiger partial charge in [-0.1, -0.05) is 6.07 Å². The van der Waals surface area contributed by atoms with E-state index in [9.17, 15) is 9.59 Å². The van der Waals surface area contributed by atoms with Gasteiger partial charge in [-0.05, 0) is 55.5 Å². The Labute approximate surface area is 146 Å². The molecular formula is C19H22N2O4. The summed E-state index contributed by atoms with van der Waals surface area (Å²) in [4.78, 5) is 25.5. The summed E-state index contributed by atoms with van der Waals surface area (Å²) in [5.74, 6) is 0.566. The Kier molecular flexibility index (Phi) is 4.79. The fraction of sp³-hybridized carbons (Fsp3) is 0.368. The number of urea groups is 1. The predicted octanol–water partition coefficient (Wildman–Crippen LogP) is 3.53. The minimum atomic E-state index is -0.447. The molecule has 3 rings (SSSR count). The molecule has 0 fully saturated rings. The Hall–Kier alpha value is -2.76. The van der Waals surface area contributed by atoms with Crippen LogP contribution in [0.1, 0.15) is 39.4 Å². The van der Waals surface area contributed by atoms with E-state index in [1.807, 2.05) is 12.1 Å². The van der Waals surface area contributed by atoms with Crippen LogP contribution in [0.4, 0.5) is 10.5 Å². The van der Waals surface area contributed by atoms with Gasteiger partial charge in [0.15, 0.2) is 0 Å². The molecular weight excluding hydrogens is 320 g/mol. The van der Waals surface area contributed by atoms with Gasteiger partial charge in [0, 0.05) is 12.7 Å². The first-order valence-corrected chi connectivity index (χ1v) is 8.29. The van der Waals surface area contributed by atoms with Crippen molar-refractivity contribution >= 4 is 17.7 Å². The summed E-state index contributed by atoms with van der Waals surface area (Å²) in [6.07, 6.45) is 3.35. The van der Waals surface area contributed by atoms with Crippen molar-refractivity contribution in [1.29, 1.82) is 0 Å². The second kappa shape index (κ2) is 7.01. The van der Waals surface area contributed by atoms with E-state index in [2.05, 4.69) is 11.4 Å². The summed E-state index contributed by atoms with van der Waals surface area (Å²) in [6.45, 7) is 1.95. The molecule has 0 bridgehead atoms. The second-order valence-electron chi connectivity index (χ2n) is 6.30. The number of methoxy groups -OCH3 is 1. The van der Waals surface area contributed by atoms with Gasteiger partial charge in [0.2, 0.25) is 0 Å². The number of fused-ring (bicyclic) bond motifs is 1. The highest BCUT2D eigenvalue weighted by molar-refractivity contribution is 5.91. The summed E-state index contributed by atoms with van der Waals surface area (Å²) in [5.41, 5.74) is 3.85. The maximum atomic E-state index is 12.4. The number of carbonyl (C=O) groups is 2. The molecule has 1 aliphatic rings. The van der Waals surface area contributed by atoms with E-state index in [0.29, 0.717) is 17.1 Å². The molecule has 2 aromatic rings. The molecule has 1 aliphatic carbocycles. The summed E-state index contributed by atoms with van der Waals surface area (Å²) < 4.78 is 10.3. The van der Waals surface area contributed by atoms with Crippen molar-refractivity contribution in [1.82, 2.24) is 4.90 Å². The van der Waals surface area contributed by atoms with Gasteiger partial charge in [-0.25, -0.2) is 9.59 Å². The number of aryl methyl sites for hydroxylation is 3. The van der Waals surface area contributed by atoms with E-state index in [1.54, 1.807) is 20.0 Å². The van der Waals surface area contributed by atoms with Crippen LogP contribution in [0.2, 0.25) is 0 Å². The quantitative estimate of drug-likeness (QED) is 0.863. The summed E-state index contributed by atoms with van der Waals surface area (Å²) in [7, 11) is 3.00. The maximum absolute atomic E-state index is 12.4. The molecule has 6 heteroatoms. The Morgan fingerprint density at radius 1 is 1.24 bits per heavy atom. The van der Waals surface area contributed by atoms with Crippen molar-refractivity contribution < 1.29 is 18.7 Å². The molecule has 0 saturated carbocycles. The topological polar surface area (TPSA) is 71.8 Å². The molecule has 0 spiro atoms. The molecule has 0 aliphatic heterocycles. The highest BCUT2D eigenvalue weighted by Gasteiger charge is 2.18. The average molecular weight is 342 g/mol. The number of hydrogen-bond acceptors (Lipinski definition) is 4. The smallest absolute Gasteiger partial charge is 0.341 e. The highest BCUT2D eigenvalue weighted by atomic mass is 16.5. The van der Waals surface area contributed by atoms with Crippen LogP contribution in [0.15, 0.2) is 28.7 Å². The summed E-state index contributed by atoms with van der Waals surface area (Å²) in [6, 6.07) is 7.44. The van der Waals surface area contributed by atoms with Crippen LogP contribution in [0, 0.1) is 6.92 Å². The monoisotopic (exact) mass is 342 g/mol. The Morgan fingerprint density at radius 3 is 2.76 bits per heavy atom. The van der Waals surface area contributed by atoms with Crippen LogP contribution >= 0.6 is 0 Å². The van der Waals surface area contributed by atoms with Gasteiger partial charge in [0.1, 0.15) is 17.1 Å². The first-order valence-electron chi connectivity index (χ1n) is 8.29. The zero-order chi connectivity index (χ0) is 18.0. The lowest BCUT2D eigenvalue weighted by atomic mass is 10.1. The van der Waals surface area contributed by atoms with Gasteiger partial charge in [-0.3, -0.25) is 0 Å². The molecule has 2 amide bonds. The Balaban J connectivity index is 1.64. The number of carbonyl (C=O) groups excluding carboxylic acids is 2. The van der Waals surface area contributed by atoms with E-state index >= 15 is 0 Å². The van der Waals surface area contributed by atoms with Crippen molar-refractivity contribution in [2.75, 3.05) is 19.5 Å². The fourth-order valence-electron chi connectivity index (χ4n) is 3.11. The Morgan fingerprint density at radius 2 is 2.00 bits per heavy atom. The SMILES string of the molecule is COC(=O)c1cc(CN(C)C(=O)Nc2ccc3c(c2)CCC3)oc1C. The summed E-state index contributed by atoms with van der Waals surface area (Å²) in [5, 5.41) is 2.90. The number of rotatable bonds is 4. The lowest BCUT2D eigenvalue weighted by molar-refractivity contribution is 0.0598. The lowest BCUT2D eigenvalue weighted by Crippen LogP contribution is -2.30. The molecule has 1 aromatic heterocycles. The van der Waals surface area contributed by atoms with Crippen molar-refractivity contribution in [3.63, 3.8) is 0 Å². The molecule has 1 N–H and O–H groups in total. The number of furan rings is 1. The normalized spacial score (nSPS) is 12.6.